The Morgan fingerprint density at radius 2 is 1.80 bits per heavy atom. The van der Waals surface area contributed by atoms with Crippen LogP contribution in [-0.2, 0) is 16.0 Å². The van der Waals surface area contributed by atoms with Gasteiger partial charge in [0.05, 0.1) is 19.6 Å². The Labute approximate surface area is 178 Å². The van der Waals surface area contributed by atoms with Gasteiger partial charge in [-0.1, -0.05) is 49.4 Å². The molecular weight excluding hydrogens is 378 g/mol. The van der Waals surface area contributed by atoms with Gasteiger partial charge in [0.25, 0.3) is 0 Å². The zero-order valence-electron chi connectivity index (χ0n) is 17.8. The van der Waals surface area contributed by atoms with Crippen molar-refractivity contribution >= 4 is 11.8 Å². The maximum atomic E-state index is 13.3. The summed E-state index contributed by atoms with van der Waals surface area (Å²) in [6, 6.07) is 16.0. The lowest BCUT2D eigenvalue weighted by atomic mass is 9.91. The molecule has 1 aliphatic heterocycles. The molecular formula is C24H31N3O3. The highest BCUT2D eigenvalue weighted by Gasteiger charge is 2.32. The number of ether oxygens (including phenoxy) is 1. The predicted octanol–water partition coefficient (Wildman–Crippen LogP) is 2.56. The number of nitrogens with two attached hydrogens (primary N) is 1. The molecule has 3 rings (SSSR count). The van der Waals surface area contributed by atoms with Crippen LogP contribution < -0.4 is 10.5 Å². The fraction of sp³-hybridized carbons (Fsp3) is 0.417. The number of methoxy groups -OCH3 is 1. The highest BCUT2D eigenvalue weighted by Crippen LogP contribution is 2.33. The van der Waals surface area contributed by atoms with Crippen molar-refractivity contribution in [3.05, 3.63) is 54.1 Å². The second-order valence-electron chi connectivity index (χ2n) is 7.63. The first-order valence-electron chi connectivity index (χ1n) is 10.6. The Morgan fingerprint density at radius 3 is 2.50 bits per heavy atom. The van der Waals surface area contributed by atoms with Gasteiger partial charge in [0, 0.05) is 31.7 Å². The Balaban J connectivity index is 1.94. The van der Waals surface area contributed by atoms with Crippen molar-refractivity contribution in [1.82, 2.24) is 9.80 Å². The van der Waals surface area contributed by atoms with Crippen molar-refractivity contribution in [2.75, 3.05) is 39.8 Å². The summed E-state index contributed by atoms with van der Waals surface area (Å²) in [6.07, 6.45) is 1.45. The molecule has 1 fully saturated rings. The predicted molar refractivity (Wildman–Crippen MR) is 118 cm³/mol. The van der Waals surface area contributed by atoms with Gasteiger partial charge < -0.3 is 20.3 Å². The van der Waals surface area contributed by atoms with Gasteiger partial charge in [0.2, 0.25) is 11.8 Å². The van der Waals surface area contributed by atoms with Crippen molar-refractivity contribution in [2.24, 2.45) is 11.7 Å². The van der Waals surface area contributed by atoms with Crippen LogP contribution in [0.1, 0.15) is 18.9 Å². The molecule has 2 aromatic rings. The van der Waals surface area contributed by atoms with Crippen molar-refractivity contribution in [2.45, 2.75) is 19.8 Å². The summed E-state index contributed by atoms with van der Waals surface area (Å²) in [5, 5.41) is 0. The Bertz CT molecular complexity index is 884. The monoisotopic (exact) mass is 409 g/mol. The normalized spacial score (nSPS) is 17.0. The largest absolute Gasteiger partial charge is 0.496 e. The Hall–Kier alpha value is -2.86. The van der Waals surface area contributed by atoms with E-state index in [2.05, 4.69) is 19.1 Å². The summed E-state index contributed by atoms with van der Waals surface area (Å²) in [5.41, 5.74) is 8.72. The van der Waals surface area contributed by atoms with Gasteiger partial charge in [0.15, 0.2) is 0 Å². The van der Waals surface area contributed by atoms with Gasteiger partial charge in [-0.25, -0.2) is 0 Å². The molecule has 0 aliphatic carbocycles. The number of para-hydroxylation sites is 1. The summed E-state index contributed by atoms with van der Waals surface area (Å²) in [5.74, 6) is 0.498. The zero-order valence-corrected chi connectivity index (χ0v) is 17.8. The molecule has 1 atom stereocenters. The van der Waals surface area contributed by atoms with Gasteiger partial charge in [0.1, 0.15) is 5.75 Å². The fourth-order valence-corrected chi connectivity index (χ4v) is 4.14. The molecule has 0 unspecified atom stereocenters. The lowest BCUT2D eigenvalue weighted by Crippen LogP contribution is -2.40. The fourth-order valence-electron chi connectivity index (χ4n) is 4.14. The molecule has 2 N–H and O–H groups in total. The third-order valence-electron chi connectivity index (χ3n) is 5.64. The second-order valence-corrected chi connectivity index (χ2v) is 7.63. The molecule has 0 bridgehead atoms. The minimum Gasteiger partial charge on any atom is -0.496 e. The van der Waals surface area contributed by atoms with Crippen LogP contribution in [0.2, 0.25) is 0 Å². The lowest BCUT2D eigenvalue weighted by Gasteiger charge is -2.24. The van der Waals surface area contributed by atoms with Gasteiger partial charge in [-0.15, -0.1) is 0 Å². The van der Waals surface area contributed by atoms with Crippen LogP contribution in [0.3, 0.4) is 0 Å². The van der Waals surface area contributed by atoms with E-state index in [4.69, 9.17) is 10.5 Å². The highest BCUT2D eigenvalue weighted by atomic mass is 16.5. The summed E-state index contributed by atoms with van der Waals surface area (Å²) in [7, 11) is 1.66. The average Bonchev–Trinajstić information content (AvgIpc) is 2.93. The van der Waals surface area contributed by atoms with Gasteiger partial charge >= 0.3 is 0 Å². The molecule has 1 heterocycles. The molecule has 160 valence electrons. The maximum Gasteiger partial charge on any atom is 0.236 e. The van der Waals surface area contributed by atoms with Crippen molar-refractivity contribution in [1.29, 1.82) is 0 Å². The minimum atomic E-state index is -0.301. The first-order valence-corrected chi connectivity index (χ1v) is 10.6. The number of carbonyl (C=O) groups is 2. The van der Waals surface area contributed by atoms with Gasteiger partial charge in [-0.2, -0.15) is 0 Å². The second kappa shape index (κ2) is 10.3. The van der Waals surface area contributed by atoms with Crippen molar-refractivity contribution < 1.29 is 14.3 Å². The van der Waals surface area contributed by atoms with E-state index in [0.717, 1.165) is 28.9 Å². The molecule has 0 saturated carbocycles. The number of hydrogen-bond acceptors (Lipinski definition) is 4. The van der Waals surface area contributed by atoms with Gasteiger partial charge in [-0.3, -0.25) is 9.59 Å². The SMILES string of the molecule is CCCN1CCN(C(=O)CN)C[C@@H](Cc2ccccc2-c2ccccc2OC)C1=O. The van der Waals surface area contributed by atoms with E-state index in [1.54, 1.807) is 12.0 Å². The zero-order chi connectivity index (χ0) is 21.5. The number of amides is 2. The summed E-state index contributed by atoms with van der Waals surface area (Å²) < 4.78 is 5.56. The molecule has 0 spiro atoms. The lowest BCUT2D eigenvalue weighted by molar-refractivity contribution is -0.134. The molecule has 30 heavy (non-hydrogen) atoms. The Kier molecular flexibility index (Phi) is 7.46. The first-order chi connectivity index (χ1) is 14.6. The van der Waals surface area contributed by atoms with E-state index in [9.17, 15) is 9.59 Å². The highest BCUT2D eigenvalue weighted by molar-refractivity contribution is 5.83. The van der Waals surface area contributed by atoms with Crippen LogP contribution in [0.15, 0.2) is 48.5 Å². The van der Waals surface area contributed by atoms with E-state index in [1.807, 2.05) is 41.3 Å². The van der Waals surface area contributed by atoms with Gasteiger partial charge in [-0.05, 0) is 30.0 Å². The quantitative estimate of drug-likeness (QED) is 0.763. The van der Waals surface area contributed by atoms with Crippen LogP contribution >= 0.6 is 0 Å². The third kappa shape index (κ3) is 4.82. The molecule has 2 amide bonds. The summed E-state index contributed by atoms with van der Waals surface area (Å²) in [6.45, 7) is 4.22. The standard InChI is InChI=1S/C24H31N3O3/c1-3-12-26-13-14-27(23(28)16-25)17-19(24(26)29)15-18-8-4-5-9-20(18)21-10-6-7-11-22(21)30-2/h4-11,19H,3,12-17,25H2,1-2H3/t19-/m1/s1. The Morgan fingerprint density at radius 1 is 1.10 bits per heavy atom. The molecule has 0 radical (unpaired) electrons. The molecule has 2 aromatic carbocycles. The van der Waals surface area contributed by atoms with E-state index in [1.165, 1.54) is 0 Å². The summed E-state index contributed by atoms with van der Waals surface area (Å²) >= 11 is 0. The average molecular weight is 410 g/mol. The summed E-state index contributed by atoms with van der Waals surface area (Å²) in [4.78, 5) is 29.2. The van der Waals surface area contributed by atoms with Crippen LogP contribution in [0.5, 0.6) is 5.75 Å². The first kappa shape index (κ1) is 21.8. The van der Waals surface area contributed by atoms with Crippen LogP contribution in [0, 0.1) is 5.92 Å². The number of hydrogen-bond donors (Lipinski definition) is 1. The smallest absolute Gasteiger partial charge is 0.236 e. The number of benzene rings is 2. The van der Waals surface area contributed by atoms with E-state index < -0.39 is 0 Å². The molecule has 6 heteroatoms. The number of nitrogens with zero attached hydrogens (tertiary/aromatic N) is 2. The minimum absolute atomic E-state index is 0.0352. The van der Waals surface area contributed by atoms with Crippen molar-refractivity contribution in [3.63, 3.8) is 0 Å². The molecule has 1 saturated heterocycles. The van der Waals surface area contributed by atoms with Crippen LogP contribution in [-0.4, -0.2) is 61.4 Å². The van der Waals surface area contributed by atoms with E-state index >= 15 is 0 Å². The van der Waals surface area contributed by atoms with Crippen LogP contribution in [0.4, 0.5) is 0 Å². The third-order valence-corrected chi connectivity index (χ3v) is 5.64. The number of carbonyl (C=O) groups excluding carboxylic acids is 2. The van der Waals surface area contributed by atoms with Crippen LogP contribution in [0.25, 0.3) is 11.1 Å². The van der Waals surface area contributed by atoms with E-state index in [0.29, 0.717) is 32.6 Å². The number of rotatable bonds is 7. The topological polar surface area (TPSA) is 75.9 Å². The van der Waals surface area contributed by atoms with E-state index in [-0.39, 0.29) is 24.3 Å². The molecule has 6 nitrogen and oxygen atoms in total. The van der Waals surface area contributed by atoms with Crippen molar-refractivity contribution in [3.8, 4) is 16.9 Å². The molecule has 1 aliphatic rings. The maximum absolute atomic E-state index is 13.3. The molecule has 0 aromatic heterocycles.